The number of nitrogens with one attached hydrogen (secondary N) is 3. The van der Waals surface area contributed by atoms with Gasteiger partial charge in [0.25, 0.3) is 5.91 Å². The van der Waals surface area contributed by atoms with Crippen molar-refractivity contribution in [1.82, 2.24) is 10.2 Å². The molecule has 3 N–H and O–H groups in total. The molecular formula is C26H32N4O6. The molecular weight excluding hydrogens is 464 g/mol. The summed E-state index contributed by atoms with van der Waals surface area (Å²) in [5, 5.41) is 8.31. The van der Waals surface area contributed by atoms with Crippen molar-refractivity contribution < 1.29 is 28.6 Å². The summed E-state index contributed by atoms with van der Waals surface area (Å²) in [5.74, 6) is 0.681. The van der Waals surface area contributed by atoms with Crippen molar-refractivity contribution in [3.63, 3.8) is 0 Å². The molecule has 0 saturated carbocycles. The molecule has 36 heavy (non-hydrogen) atoms. The lowest BCUT2D eigenvalue weighted by Gasteiger charge is -2.42. The summed E-state index contributed by atoms with van der Waals surface area (Å²) >= 11 is 0. The molecule has 1 fully saturated rings. The number of anilines is 2. The van der Waals surface area contributed by atoms with Gasteiger partial charge in [-0.05, 0) is 50.1 Å². The number of fused-ring (bicyclic) bond motifs is 2. The Morgan fingerprint density at radius 2 is 1.94 bits per heavy atom. The number of amides is 4. The summed E-state index contributed by atoms with van der Waals surface area (Å²) in [4.78, 5) is 39.6. The van der Waals surface area contributed by atoms with Gasteiger partial charge in [0.05, 0.1) is 36.9 Å². The van der Waals surface area contributed by atoms with Crippen LogP contribution in [0, 0.1) is 0 Å². The van der Waals surface area contributed by atoms with E-state index >= 15 is 0 Å². The van der Waals surface area contributed by atoms with E-state index in [0.717, 1.165) is 0 Å². The summed E-state index contributed by atoms with van der Waals surface area (Å²) in [6.07, 6.45) is 1.11. The van der Waals surface area contributed by atoms with E-state index in [-0.39, 0.29) is 43.1 Å². The number of para-hydroxylation sites is 2. The fourth-order valence-corrected chi connectivity index (χ4v) is 4.61. The van der Waals surface area contributed by atoms with Gasteiger partial charge >= 0.3 is 6.03 Å². The monoisotopic (exact) mass is 496 g/mol. The number of benzene rings is 2. The van der Waals surface area contributed by atoms with Crippen molar-refractivity contribution in [3.8, 4) is 11.5 Å². The van der Waals surface area contributed by atoms with Gasteiger partial charge in [0.15, 0.2) is 0 Å². The lowest BCUT2D eigenvalue weighted by molar-refractivity contribution is -0.133. The zero-order chi connectivity index (χ0) is 25.7. The van der Waals surface area contributed by atoms with Crippen LogP contribution in [0.25, 0.3) is 0 Å². The summed E-state index contributed by atoms with van der Waals surface area (Å²) < 4.78 is 17.4. The molecule has 2 aliphatic rings. The molecule has 0 bridgehead atoms. The molecule has 4 amide bonds. The molecule has 4 rings (SSSR count). The normalized spacial score (nSPS) is 21.1. The number of hydrogen-bond acceptors (Lipinski definition) is 6. The van der Waals surface area contributed by atoms with Gasteiger partial charge in [0.1, 0.15) is 24.2 Å². The molecule has 10 nitrogen and oxygen atoms in total. The second-order valence-electron chi connectivity index (χ2n) is 8.82. The third-order valence-electron chi connectivity index (χ3n) is 6.41. The van der Waals surface area contributed by atoms with E-state index in [1.165, 1.54) is 7.11 Å². The minimum Gasteiger partial charge on any atom is -0.495 e. The smallest absolute Gasteiger partial charge is 0.323 e. The van der Waals surface area contributed by atoms with Gasteiger partial charge < -0.3 is 35.1 Å². The molecule has 2 aromatic carbocycles. The Morgan fingerprint density at radius 3 is 2.72 bits per heavy atom. The topological polar surface area (TPSA) is 118 Å². The van der Waals surface area contributed by atoms with Gasteiger partial charge in [-0.15, -0.1) is 0 Å². The predicted molar refractivity (Wildman–Crippen MR) is 135 cm³/mol. The number of nitrogens with zero attached hydrogens (tertiary/aromatic N) is 1. The number of urea groups is 1. The Hall–Kier alpha value is -3.79. The SMILES string of the molecule is CCNC(=O)C[C@H]1CC[C@H]2[C@@H](COc3ccc(NC(=O)Nc4ccccc4OC)cc3C(=O)N2C)O1. The largest absolute Gasteiger partial charge is 0.495 e. The minimum atomic E-state index is -0.467. The summed E-state index contributed by atoms with van der Waals surface area (Å²) in [6.45, 7) is 2.71. The lowest BCUT2D eigenvalue weighted by Crippen LogP contribution is -2.54. The van der Waals surface area contributed by atoms with E-state index in [4.69, 9.17) is 14.2 Å². The van der Waals surface area contributed by atoms with Crippen LogP contribution in [0.2, 0.25) is 0 Å². The molecule has 0 aromatic heterocycles. The second-order valence-corrected chi connectivity index (χ2v) is 8.82. The summed E-state index contributed by atoms with van der Waals surface area (Å²) in [7, 11) is 3.28. The number of rotatable bonds is 6. The highest BCUT2D eigenvalue weighted by atomic mass is 16.5. The molecule has 0 spiro atoms. The van der Waals surface area contributed by atoms with E-state index in [9.17, 15) is 14.4 Å². The average molecular weight is 497 g/mol. The number of methoxy groups -OCH3 is 1. The van der Waals surface area contributed by atoms with Crippen LogP contribution in [0.3, 0.4) is 0 Å². The first-order chi connectivity index (χ1) is 17.4. The van der Waals surface area contributed by atoms with Crippen LogP contribution in [-0.2, 0) is 9.53 Å². The van der Waals surface area contributed by atoms with Gasteiger partial charge in [-0.25, -0.2) is 4.79 Å². The predicted octanol–water partition coefficient (Wildman–Crippen LogP) is 3.25. The Morgan fingerprint density at radius 1 is 1.14 bits per heavy atom. The van der Waals surface area contributed by atoms with E-state index in [2.05, 4.69) is 16.0 Å². The molecule has 192 valence electrons. The highest BCUT2D eigenvalue weighted by Crippen LogP contribution is 2.32. The lowest BCUT2D eigenvalue weighted by atomic mass is 9.94. The highest BCUT2D eigenvalue weighted by molar-refractivity contribution is 6.03. The zero-order valence-corrected chi connectivity index (χ0v) is 20.7. The Labute approximate surface area is 210 Å². The number of likely N-dealkylation sites (N-methyl/N-ethyl adjacent to an activating group) is 1. The molecule has 2 heterocycles. The maximum atomic E-state index is 13.4. The molecule has 0 aliphatic carbocycles. The van der Waals surface area contributed by atoms with Crippen molar-refractivity contribution in [2.75, 3.05) is 37.9 Å². The molecule has 2 aromatic rings. The van der Waals surface area contributed by atoms with E-state index in [0.29, 0.717) is 47.8 Å². The molecule has 1 saturated heterocycles. The Bertz CT molecular complexity index is 1120. The Kier molecular flexibility index (Phi) is 7.94. The quantitative estimate of drug-likeness (QED) is 0.565. The van der Waals surface area contributed by atoms with Gasteiger partial charge in [-0.1, -0.05) is 12.1 Å². The molecule has 3 atom stereocenters. The van der Waals surface area contributed by atoms with Crippen molar-refractivity contribution in [3.05, 3.63) is 48.0 Å². The summed E-state index contributed by atoms with van der Waals surface area (Å²) in [5.41, 5.74) is 1.33. The number of hydrogen-bond donors (Lipinski definition) is 3. The van der Waals surface area contributed by atoms with Crippen LogP contribution in [0.1, 0.15) is 36.5 Å². The maximum absolute atomic E-state index is 13.4. The highest BCUT2D eigenvalue weighted by Gasteiger charge is 2.39. The van der Waals surface area contributed by atoms with Crippen LogP contribution in [0.15, 0.2) is 42.5 Å². The number of carbonyl (C=O) groups is 3. The Balaban J connectivity index is 1.45. The first kappa shape index (κ1) is 25.3. The number of carbonyl (C=O) groups excluding carboxylic acids is 3. The number of ether oxygens (including phenoxy) is 3. The minimum absolute atomic E-state index is 0.0442. The first-order valence-corrected chi connectivity index (χ1v) is 12.1. The maximum Gasteiger partial charge on any atom is 0.323 e. The van der Waals surface area contributed by atoms with Crippen molar-refractivity contribution in [2.24, 2.45) is 0 Å². The van der Waals surface area contributed by atoms with Crippen LogP contribution < -0.4 is 25.4 Å². The van der Waals surface area contributed by atoms with Gasteiger partial charge in [-0.3, -0.25) is 9.59 Å². The molecule has 0 radical (unpaired) electrons. The van der Waals surface area contributed by atoms with E-state index in [1.54, 1.807) is 48.3 Å². The van der Waals surface area contributed by atoms with Crippen molar-refractivity contribution in [2.45, 2.75) is 44.4 Å². The van der Waals surface area contributed by atoms with E-state index < -0.39 is 6.03 Å². The molecule has 10 heteroatoms. The van der Waals surface area contributed by atoms with Gasteiger partial charge in [-0.2, -0.15) is 0 Å². The van der Waals surface area contributed by atoms with Crippen LogP contribution >= 0.6 is 0 Å². The molecule has 2 aliphatic heterocycles. The molecule has 0 unspecified atom stereocenters. The van der Waals surface area contributed by atoms with Crippen LogP contribution in [-0.4, -0.2) is 68.3 Å². The third-order valence-corrected chi connectivity index (χ3v) is 6.41. The van der Waals surface area contributed by atoms with Gasteiger partial charge in [0.2, 0.25) is 5.91 Å². The fourth-order valence-electron chi connectivity index (χ4n) is 4.61. The fraction of sp³-hybridized carbons (Fsp3) is 0.423. The van der Waals surface area contributed by atoms with Crippen LogP contribution in [0.5, 0.6) is 11.5 Å². The summed E-state index contributed by atoms with van der Waals surface area (Å²) in [6, 6.07) is 11.4. The third kappa shape index (κ3) is 5.71. The zero-order valence-electron chi connectivity index (χ0n) is 20.7. The van der Waals surface area contributed by atoms with Crippen molar-refractivity contribution in [1.29, 1.82) is 0 Å². The van der Waals surface area contributed by atoms with Gasteiger partial charge in [0, 0.05) is 19.3 Å². The average Bonchev–Trinajstić information content (AvgIpc) is 2.87. The second kappa shape index (κ2) is 11.3. The standard InChI is InChI=1S/C26H32N4O6/c1-4-27-24(31)14-17-10-11-20-23(36-17)15-35-21-12-9-16(13-18(21)25(32)30(20)2)28-26(33)29-19-7-5-6-8-22(19)34-3/h5-9,12-13,17,20,23H,4,10-11,14-15H2,1-3H3,(H,27,31)(H2,28,29,33)/t17-,20+,23-/m1/s1. The van der Waals surface area contributed by atoms with Crippen LogP contribution in [0.4, 0.5) is 16.2 Å². The first-order valence-electron chi connectivity index (χ1n) is 12.1. The van der Waals surface area contributed by atoms with E-state index in [1.807, 2.05) is 13.0 Å². The van der Waals surface area contributed by atoms with Crippen molar-refractivity contribution >= 4 is 29.2 Å².